The fraction of sp³-hybridized carbons (Fsp3) is 1.00. The van der Waals surface area contributed by atoms with Gasteiger partial charge in [-0.2, -0.15) is 0 Å². The quantitative estimate of drug-likeness (QED) is 0.624. The van der Waals surface area contributed by atoms with E-state index in [9.17, 15) is 5.11 Å². The zero-order valence-electron chi connectivity index (χ0n) is 8.79. The number of hydrogen-bond acceptors (Lipinski definition) is 2. The van der Waals surface area contributed by atoms with E-state index in [2.05, 4.69) is 20.8 Å². The molecular formula is C11H20O2. The third-order valence-electron chi connectivity index (χ3n) is 4.46. The first kappa shape index (κ1) is 9.47. The lowest BCUT2D eigenvalue weighted by Gasteiger charge is -2.45. The van der Waals surface area contributed by atoms with Gasteiger partial charge in [0.1, 0.15) is 0 Å². The normalized spacial score (nSPS) is 56.3. The molecular weight excluding hydrogens is 164 g/mol. The highest BCUT2D eigenvalue weighted by Gasteiger charge is 2.52. The van der Waals surface area contributed by atoms with Gasteiger partial charge in [0.05, 0.1) is 6.61 Å². The molecule has 0 bridgehead atoms. The summed E-state index contributed by atoms with van der Waals surface area (Å²) in [4.78, 5) is 0. The fourth-order valence-electron chi connectivity index (χ4n) is 3.25. The fourth-order valence-corrected chi connectivity index (χ4v) is 3.25. The SMILES string of the molecule is C[C@H]1CCC2(C)[C@@H]1C(O)OC[C@@H]2C. The Bertz CT molecular complexity index is 204. The standard InChI is InChI=1S/C11H20O2/c1-7-4-5-11(3)8(2)6-13-10(12)9(7)11/h7-10,12H,4-6H2,1-3H3/t7-,8-,9-,10?,11?/m0/s1. The number of hydrogen-bond donors (Lipinski definition) is 1. The summed E-state index contributed by atoms with van der Waals surface area (Å²) >= 11 is 0. The molecule has 2 aliphatic rings. The van der Waals surface area contributed by atoms with Crippen LogP contribution >= 0.6 is 0 Å². The lowest BCUT2D eigenvalue weighted by molar-refractivity contribution is -0.220. The van der Waals surface area contributed by atoms with Crippen LogP contribution in [0.1, 0.15) is 33.6 Å². The molecule has 2 heteroatoms. The molecule has 0 aromatic heterocycles. The lowest BCUT2D eigenvalue weighted by atomic mass is 9.67. The maximum absolute atomic E-state index is 9.81. The highest BCUT2D eigenvalue weighted by molar-refractivity contribution is 4.98. The van der Waals surface area contributed by atoms with Gasteiger partial charge in [0.15, 0.2) is 6.29 Å². The molecule has 2 fully saturated rings. The van der Waals surface area contributed by atoms with E-state index in [1.807, 2.05) is 0 Å². The van der Waals surface area contributed by atoms with E-state index in [1.165, 1.54) is 12.8 Å². The Hall–Kier alpha value is -0.0800. The minimum atomic E-state index is -0.515. The van der Waals surface area contributed by atoms with E-state index in [-0.39, 0.29) is 0 Å². The number of ether oxygens (including phenoxy) is 1. The van der Waals surface area contributed by atoms with Crippen molar-refractivity contribution in [2.45, 2.75) is 39.9 Å². The Balaban J connectivity index is 2.26. The average Bonchev–Trinajstić information content (AvgIpc) is 2.38. The summed E-state index contributed by atoms with van der Waals surface area (Å²) in [5, 5.41) is 9.81. The molecule has 5 atom stereocenters. The Labute approximate surface area is 80.3 Å². The molecule has 76 valence electrons. The van der Waals surface area contributed by atoms with E-state index in [1.54, 1.807) is 0 Å². The molecule has 1 aliphatic heterocycles. The van der Waals surface area contributed by atoms with Crippen LogP contribution in [0.2, 0.25) is 0 Å². The van der Waals surface area contributed by atoms with Gasteiger partial charge in [0.2, 0.25) is 0 Å². The molecule has 1 saturated heterocycles. The second kappa shape index (κ2) is 2.96. The summed E-state index contributed by atoms with van der Waals surface area (Å²) in [7, 11) is 0. The minimum absolute atomic E-state index is 0.317. The zero-order chi connectivity index (χ0) is 9.64. The van der Waals surface area contributed by atoms with Gasteiger partial charge >= 0.3 is 0 Å². The summed E-state index contributed by atoms with van der Waals surface area (Å²) < 4.78 is 5.40. The van der Waals surface area contributed by atoms with Gasteiger partial charge in [0, 0.05) is 5.92 Å². The number of aliphatic hydroxyl groups excluding tert-OH is 1. The molecule has 2 unspecified atom stereocenters. The Morgan fingerprint density at radius 1 is 1.38 bits per heavy atom. The maximum Gasteiger partial charge on any atom is 0.158 e. The van der Waals surface area contributed by atoms with E-state index in [4.69, 9.17) is 4.74 Å². The number of aliphatic hydroxyl groups is 1. The van der Waals surface area contributed by atoms with Crippen LogP contribution in [0.4, 0.5) is 0 Å². The predicted molar refractivity (Wildman–Crippen MR) is 51.1 cm³/mol. The maximum atomic E-state index is 9.81. The van der Waals surface area contributed by atoms with Gasteiger partial charge in [-0.1, -0.05) is 20.8 Å². The van der Waals surface area contributed by atoms with Crippen LogP contribution < -0.4 is 0 Å². The van der Waals surface area contributed by atoms with Crippen LogP contribution in [0.15, 0.2) is 0 Å². The van der Waals surface area contributed by atoms with Crippen molar-refractivity contribution in [1.82, 2.24) is 0 Å². The first-order chi connectivity index (χ1) is 6.05. The van der Waals surface area contributed by atoms with Crippen molar-refractivity contribution in [3.8, 4) is 0 Å². The molecule has 1 aliphatic carbocycles. The monoisotopic (exact) mass is 184 g/mol. The van der Waals surface area contributed by atoms with E-state index >= 15 is 0 Å². The summed E-state index contributed by atoms with van der Waals surface area (Å²) in [6.07, 6.45) is 1.98. The minimum Gasteiger partial charge on any atom is -0.368 e. The molecule has 13 heavy (non-hydrogen) atoms. The average molecular weight is 184 g/mol. The summed E-state index contributed by atoms with van der Waals surface area (Å²) in [6.45, 7) is 7.52. The van der Waals surface area contributed by atoms with Crippen molar-refractivity contribution >= 4 is 0 Å². The summed E-state index contributed by atoms with van der Waals surface area (Å²) in [6, 6.07) is 0. The van der Waals surface area contributed by atoms with Crippen LogP contribution in [-0.2, 0) is 4.74 Å². The van der Waals surface area contributed by atoms with Crippen molar-refractivity contribution in [2.75, 3.05) is 6.61 Å². The van der Waals surface area contributed by atoms with Gasteiger partial charge in [-0.3, -0.25) is 0 Å². The molecule has 1 N–H and O–H groups in total. The van der Waals surface area contributed by atoms with Crippen LogP contribution in [0, 0.1) is 23.2 Å². The van der Waals surface area contributed by atoms with Crippen LogP contribution in [0.3, 0.4) is 0 Å². The van der Waals surface area contributed by atoms with Gasteiger partial charge in [-0.15, -0.1) is 0 Å². The highest BCUT2D eigenvalue weighted by Crippen LogP contribution is 2.55. The van der Waals surface area contributed by atoms with Crippen LogP contribution in [-0.4, -0.2) is 18.0 Å². The van der Waals surface area contributed by atoms with Crippen molar-refractivity contribution < 1.29 is 9.84 Å². The molecule has 0 amide bonds. The van der Waals surface area contributed by atoms with Crippen LogP contribution in [0.5, 0.6) is 0 Å². The molecule has 2 rings (SSSR count). The predicted octanol–water partition coefficient (Wildman–Crippen LogP) is 2.02. The van der Waals surface area contributed by atoms with Gasteiger partial charge in [0.25, 0.3) is 0 Å². The molecule has 1 saturated carbocycles. The number of fused-ring (bicyclic) bond motifs is 1. The van der Waals surface area contributed by atoms with Crippen molar-refractivity contribution in [2.24, 2.45) is 23.2 Å². The Kier molecular flexibility index (Phi) is 2.16. The highest BCUT2D eigenvalue weighted by atomic mass is 16.6. The summed E-state index contributed by atoms with van der Waals surface area (Å²) in [5.41, 5.74) is 0.317. The molecule has 2 nitrogen and oxygen atoms in total. The second-order valence-electron chi connectivity index (χ2n) is 5.17. The van der Waals surface area contributed by atoms with Crippen molar-refractivity contribution in [1.29, 1.82) is 0 Å². The molecule has 0 spiro atoms. The zero-order valence-corrected chi connectivity index (χ0v) is 8.79. The topological polar surface area (TPSA) is 29.5 Å². The van der Waals surface area contributed by atoms with Crippen molar-refractivity contribution in [3.63, 3.8) is 0 Å². The lowest BCUT2D eigenvalue weighted by Crippen LogP contribution is -2.47. The Morgan fingerprint density at radius 3 is 2.69 bits per heavy atom. The Morgan fingerprint density at radius 2 is 2.08 bits per heavy atom. The second-order valence-corrected chi connectivity index (χ2v) is 5.17. The van der Waals surface area contributed by atoms with Crippen LogP contribution in [0.25, 0.3) is 0 Å². The van der Waals surface area contributed by atoms with E-state index < -0.39 is 6.29 Å². The third-order valence-corrected chi connectivity index (χ3v) is 4.46. The smallest absolute Gasteiger partial charge is 0.158 e. The van der Waals surface area contributed by atoms with Gasteiger partial charge in [-0.05, 0) is 30.1 Å². The molecule has 0 aromatic rings. The molecule has 0 radical (unpaired) electrons. The largest absolute Gasteiger partial charge is 0.368 e. The first-order valence-electron chi connectivity index (χ1n) is 5.35. The first-order valence-corrected chi connectivity index (χ1v) is 5.35. The third kappa shape index (κ3) is 1.23. The van der Waals surface area contributed by atoms with E-state index in [0.29, 0.717) is 23.2 Å². The molecule has 0 aromatic carbocycles. The number of rotatable bonds is 0. The van der Waals surface area contributed by atoms with E-state index in [0.717, 1.165) is 6.61 Å². The van der Waals surface area contributed by atoms with Gasteiger partial charge in [-0.25, -0.2) is 0 Å². The van der Waals surface area contributed by atoms with Gasteiger partial charge < -0.3 is 9.84 Å². The molecule has 1 heterocycles. The summed E-state index contributed by atoms with van der Waals surface area (Å²) in [5.74, 6) is 1.56. The van der Waals surface area contributed by atoms with Crippen molar-refractivity contribution in [3.05, 3.63) is 0 Å².